The van der Waals surface area contributed by atoms with Gasteiger partial charge in [-0.2, -0.15) is 5.10 Å². The van der Waals surface area contributed by atoms with Crippen molar-refractivity contribution in [1.82, 2.24) is 14.8 Å². The Morgan fingerprint density at radius 1 is 1.09 bits per heavy atom. The molecule has 0 saturated carbocycles. The number of carbonyl (C=O) groups is 1. The molecule has 0 atom stereocenters. The summed E-state index contributed by atoms with van der Waals surface area (Å²) in [4.78, 5) is 16.1. The van der Waals surface area contributed by atoms with Gasteiger partial charge in [0.1, 0.15) is 12.7 Å². The number of aromatic nitrogens is 3. The minimum Gasteiger partial charge on any atom is -0.322 e. The molecule has 3 aromatic rings. The lowest BCUT2D eigenvalue weighted by Gasteiger charge is -2.06. The first kappa shape index (κ1) is 14.3. The molecule has 1 N–H and O–H groups in total. The summed E-state index contributed by atoms with van der Waals surface area (Å²) in [5, 5.41) is 7.51. The van der Waals surface area contributed by atoms with E-state index in [0.29, 0.717) is 22.8 Å². The zero-order chi connectivity index (χ0) is 15.4. The van der Waals surface area contributed by atoms with Crippen LogP contribution in [0.5, 0.6) is 0 Å². The number of halogens is 1. The smallest absolute Gasteiger partial charge is 0.255 e. The van der Waals surface area contributed by atoms with E-state index < -0.39 is 0 Å². The number of rotatable bonds is 4. The van der Waals surface area contributed by atoms with Crippen LogP contribution in [0.15, 0.2) is 61.2 Å². The first-order valence-electron chi connectivity index (χ1n) is 6.69. The molecule has 0 spiro atoms. The molecule has 3 rings (SSSR count). The van der Waals surface area contributed by atoms with Crippen molar-refractivity contribution in [2.45, 2.75) is 6.54 Å². The number of nitrogens with zero attached hydrogens (tertiary/aromatic N) is 3. The highest BCUT2D eigenvalue weighted by molar-refractivity contribution is 6.30. The molecule has 0 aliphatic rings. The standard InChI is InChI=1S/C16H13ClN4O/c17-14-5-7-15(8-6-14)20-16(22)13-3-1-12(2-4-13)9-21-11-18-10-19-21/h1-8,10-11H,9H2,(H,20,22). The molecular formula is C16H13ClN4O. The van der Waals surface area contributed by atoms with Gasteiger partial charge in [-0.1, -0.05) is 23.7 Å². The Balaban J connectivity index is 1.66. The quantitative estimate of drug-likeness (QED) is 0.804. The molecule has 1 heterocycles. The average Bonchev–Trinajstić information content (AvgIpc) is 3.03. The summed E-state index contributed by atoms with van der Waals surface area (Å²) in [6.45, 7) is 0.624. The molecule has 2 aromatic carbocycles. The normalized spacial score (nSPS) is 10.4. The second-order valence-corrected chi connectivity index (χ2v) is 5.19. The van der Waals surface area contributed by atoms with Gasteiger partial charge >= 0.3 is 0 Å². The number of anilines is 1. The zero-order valence-electron chi connectivity index (χ0n) is 11.6. The van der Waals surface area contributed by atoms with Crippen LogP contribution in [0.1, 0.15) is 15.9 Å². The fourth-order valence-electron chi connectivity index (χ4n) is 2.00. The summed E-state index contributed by atoms with van der Waals surface area (Å²) in [7, 11) is 0. The van der Waals surface area contributed by atoms with E-state index in [-0.39, 0.29) is 5.91 Å². The molecule has 0 fully saturated rings. The molecule has 110 valence electrons. The van der Waals surface area contributed by atoms with Gasteiger partial charge in [-0.05, 0) is 42.0 Å². The summed E-state index contributed by atoms with van der Waals surface area (Å²) in [6, 6.07) is 14.4. The van der Waals surface area contributed by atoms with Crippen LogP contribution in [0.25, 0.3) is 0 Å². The lowest BCUT2D eigenvalue weighted by Crippen LogP contribution is -2.11. The van der Waals surface area contributed by atoms with Gasteiger partial charge in [0, 0.05) is 16.3 Å². The molecule has 1 amide bonds. The number of hydrogen-bond donors (Lipinski definition) is 1. The molecule has 5 nitrogen and oxygen atoms in total. The Morgan fingerprint density at radius 2 is 1.82 bits per heavy atom. The van der Waals surface area contributed by atoms with Crippen molar-refractivity contribution in [2.75, 3.05) is 5.32 Å². The van der Waals surface area contributed by atoms with Crippen molar-refractivity contribution in [2.24, 2.45) is 0 Å². The molecule has 0 unspecified atom stereocenters. The maximum absolute atomic E-state index is 12.2. The summed E-state index contributed by atoms with van der Waals surface area (Å²) in [6.07, 6.45) is 3.15. The predicted octanol–water partition coefficient (Wildman–Crippen LogP) is 3.23. The number of nitrogens with one attached hydrogen (secondary N) is 1. The molecule has 22 heavy (non-hydrogen) atoms. The lowest BCUT2D eigenvalue weighted by molar-refractivity contribution is 0.102. The van der Waals surface area contributed by atoms with Gasteiger partial charge in [0.05, 0.1) is 6.54 Å². The van der Waals surface area contributed by atoms with E-state index >= 15 is 0 Å². The fraction of sp³-hybridized carbons (Fsp3) is 0.0625. The van der Waals surface area contributed by atoms with Crippen molar-refractivity contribution in [1.29, 1.82) is 0 Å². The SMILES string of the molecule is O=C(Nc1ccc(Cl)cc1)c1ccc(Cn2cncn2)cc1. The monoisotopic (exact) mass is 312 g/mol. The van der Waals surface area contributed by atoms with Gasteiger partial charge in [0.2, 0.25) is 0 Å². The minimum absolute atomic E-state index is 0.158. The van der Waals surface area contributed by atoms with Crippen LogP contribution in [0.3, 0.4) is 0 Å². The van der Waals surface area contributed by atoms with Crippen molar-refractivity contribution in [3.63, 3.8) is 0 Å². The van der Waals surface area contributed by atoms with Crippen LogP contribution in [-0.2, 0) is 6.54 Å². The Labute approximate surface area is 132 Å². The van der Waals surface area contributed by atoms with E-state index in [4.69, 9.17) is 11.6 Å². The van der Waals surface area contributed by atoms with Crippen LogP contribution in [0, 0.1) is 0 Å². The van der Waals surface area contributed by atoms with E-state index in [0.717, 1.165) is 5.56 Å². The van der Waals surface area contributed by atoms with Crippen LogP contribution in [-0.4, -0.2) is 20.7 Å². The molecule has 1 aromatic heterocycles. The van der Waals surface area contributed by atoms with Crippen LogP contribution in [0.2, 0.25) is 5.02 Å². The second kappa shape index (κ2) is 6.41. The van der Waals surface area contributed by atoms with E-state index in [1.165, 1.54) is 6.33 Å². The van der Waals surface area contributed by atoms with E-state index in [9.17, 15) is 4.79 Å². The highest BCUT2D eigenvalue weighted by Crippen LogP contribution is 2.15. The summed E-state index contributed by atoms with van der Waals surface area (Å²) in [5.41, 5.74) is 2.35. The summed E-state index contributed by atoms with van der Waals surface area (Å²) < 4.78 is 1.72. The maximum Gasteiger partial charge on any atom is 0.255 e. The van der Waals surface area contributed by atoms with Crippen molar-refractivity contribution < 1.29 is 4.79 Å². The third-order valence-corrected chi connectivity index (χ3v) is 3.38. The van der Waals surface area contributed by atoms with Gasteiger partial charge in [-0.25, -0.2) is 9.67 Å². The minimum atomic E-state index is -0.158. The first-order chi connectivity index (χ1) is 10.7. The highest BCUT2D eigenvalue weighted by atomic mass is 35.5. The van der Waals surface area contributed by atoms with Gasteiger partial charge in [-0.3, -0.25) is 4.79 Å². The maximum atomic E-state index is 12.2. The van der Waals surface area contributed by atoms with E-state index in [1.54, 1.807) is 47.4 Å². The van der Waals surface area contributed by atoms with Gasteiger partial charge in [-0.15, -0.1) is 0 Å². The average molecular weight is 313 g/mol. The topological polar surface area (TPSA) is 59.8 Å². The van der Waals surface area contributed by atoms with E-state index in [2.05, 4.69) is 15.4 Å². The molecule has 0 aliphatic carbocycles. The fourth-order valence-corrected chi connectivity index (χ4v) is 2.13. The highest BCUT2D eigenvalue weighted by Gasteiger charge is 2.06. The predicted molar refractivity (Wildman–Crippen MR) is 85.0 cm³/mol. The third-order valence-electron chi connectivity index (χ3n) is 3.13. The Kier molecular flexibility index (Phi) is 4.16. The number of carbonyl (C=O) groups excluding carboxylic acids is 1. The molecule has 0 aliphatic heterocycles. The van der Waals surface area contributed by atoms with Crippen molar-refractivity contribution >= 4 is 23.2 Å². The number of benzene rings is 2. The van der Waals surface area contributed by atoms with Gasteiger partial charge in [0.15, 0.2) is 0 Å². The Bertz CT molecular complexity index is 752. The van der Waals surface area contributed by atoms with Crippen molar-refractivity contribution in [3.05, 3.63) is 77.3 Å². The van der Waals surface area contributed by atoms with Crippen molar-refractivity contribution in [3.8, 4) is 0 Å². The van der Waals surface area contributed by atoms with Crippen LogP contribution >= 0.6 is 11.6 Å². The Hall–Kier alpha value is -2.66. The van der Waals surface area contributed by atoms with E-state index in [1.807, 2.05) is 12.1 Å². The van der Waals surface area contributed by atoms with Crippen LogP contribution in [0.4, 0.5) is 5.69 Å². The molecule has 0 bridgehead atoms. The van der Waals surface area contributed by atoms with Crippen LogP contribution < -0.4 is 5.32 Å². The lowest BCUT2D eigenvalue weighted by atomic mass is 10.1. The third kappa shape index (κ3) is 3.51. The van der Waals surface area contributed by atoms with Gasteiger partial charge < -0.3 is 5.32 Å². The number of hydrogen-bond acceptors (Lipinski definition) is 3. The zero-order valence-corrected chi connectivity index (χ0v) is 12.4. The molecule has 6 heteroatoms. The van der Waals surface area contributed by atoms with Gasteiger partial charge in [0.25, 0.3) is 5.91 Å². The molecule has 0 saturated heterocycles. The summed E-state index contributed by atoms with van der Waals surface area (Å²) >= 11 is 5.82. The Morgan fingerprint density at radius 3 is 2.45 bits per heavy atom. The molecule has 0 radical (unpaired) electrons. The largest absolute Gasteiger partial charge is 0.322 e. The summed E-state index contributed by atoms with van der Waals surface area (Å²) in [5.74, 6) is -0.158. The molecular weight excluding hydrogens is 300 g/mol. The second-order valence-electron chi connectivity index (χ2n) is 4.75. The first-order valence-corrected chi connectivity index (χ1v) is 7.07. The number of amides is 1.